The van der Waals surface area contributed by atoms with Gasteiger partial charge in [-0.05, 0) is 30.4 Å². The predicted octanol–water partition coefficient (Wildman–Crippen LogP) is 2.77. The molecular weight excluding hydrogens is 242 g/mol. The number of benzene rings is 1. The molecule has 1 unspecified atom stereocenters. The van der Waals surface area contributed by atoms with Gasteiger partial charge in [-0.3, -0.25) is 0 Å². The van der Waals surface area contributed by atoms with E-state index in [4.69, 9.17) is 5.73 Å². The number of nitrogens with zero attached hydrogens (tertiary/aromatic N) is 2. The van der Waals surface area contributed by atoms with Crippen molar-refractivity contribution < 1.29 is 0 Å². The molecule has 0 fully saturated rings. The molecule has 0 aliphatic carbocycles. The van der Waals surface area contributed by atoms with Gasteiger partial charge in [0.25, 0.3) is 0 Å². The van der Waals surface area contributed by atoms with E-state index < -0.39 is 0 Å². The standard InChI is InChI=1S/C14H19N3S/c1-17-10-9-16-14(17)8-7-13(15)11-3-5-12(18-2)6-4-11/h3-6,9-10,13H,7-8,15H2,1-2H3. The highest BCUT2D eigenvalue weighted by atomic mass is 32.2. The lowest BCUT2D eigenvalue weighted by Crippen LogP contribution is -2.12. The monoisotopic (exact) mass is 261 g/mol. The lowest BCUT2D eigenvalue weighted by molar-refractivity contribution is 0.620. The summed E-state index contributed by atoms with van der Waals surface area (Å²) in [6, 6.07) is 8.57. The van der Waals surface area contributed by atoms with Gasteiger partial charge < -0.3 is 10.3 Å². The average molecular weight is 261 g/mol. The van der Waals surface area contributed by atoms with Crippen LogP contribution < -0.4 is 5.73 Å². The molecule has 2 aromatic rings. The van der Waals surface area contributed by atoms with Crippen molar-refractivity contribution in [3.05, 3.63) is 48.0 Å². The summed E-state index contributed by atoms with van der Waals surface area (Å²) in [5.74, 6) is 1.09. The van der Waals surface area contributed by atoms with Gasteiger partial charge in [-0.1, -0.05) is 12.1 Å². The van der Waals surface area contributed by atoms with E-state index >= 15 is 0 Å². The maximum atomic E-state index is 6.21. The van der Waals surface area contributed by atoms with Crippen LogP contribution in [-0.4, -0.2) is 15.8 Å². The van der Waals surface area contributed by atoms with Gasteiger partial charge in [0.2, 0.25) is 0 Å². The van der Waals surface area contributed by atoms with Crippen molar-refractivity contribution in [1.82, 2.24) is 9.55 Å². The van der Waals surface area contributed by atoms with Crippen molar-refractivity contribution in [1.29, 1.82) is 0 Å². The molecule has 1 aromatic heterocycles. The van der Waals surface area contributed by atoms with Crippen molar-refractivity contribution in [2.75, 3.05) is 6.26 Å². The summed E-state index contributed by atoms with van der Waals surface area (Å²) in [4.78, 5) is 5.59. The fourth-order valence-electron chi connectivity index (χ4n) is 1.94. The Balaban J connectivity index is 1.94. The third-order valence-electron chi connectivity index (χ3n) is 3.14. The maximum Gasteiger partial charge on any atom is 0.108 e. The van der Waals surface area contributed by atoms with E-state index in [1.807, 2.05) is 24.0 Å². The van der Waals surface area contributed by atoms with Crippen LogP contribution in [0.25, 0.3) is 0 Å². The molecule has 1 aromatic carbocycles. The maximum absolute atomic E-state index is 6.21. The zero-order valence-electron chi connectivity index (χ0n) is 10.8. The van der Waals surface area contributed by atoms with Crippen LogP contribution in [-0.2, 0) is 13.5 Å². The van der Waals surface area contributed by atoms with Gasteiger partial charge in [0.05, 0.1) is 0 Å². The summed E-state index contributed by atoms with van der Waals surface area (Å²) >= 11 is 1.75. The summed E-state index contributed by atoms with van der Waals surface area (Å²) in [6.45, 7) is 0. The highest BCUT2D eigenvalue weighted by Gasteiger charge is 2.08. The Morgan fingerprint density at radius 1 is 1.33 bits per heavy atom. The second kappa shape index (κ2) is 6.07. The summed E-state index contributed by atoms with van der Waals surface area (Å²) in [5.41, 5.74) is 7.41. The number of thioether (sulfide) groups is 1. The first-order valence-corrected chi connectivity index (χ1v) is 7.29. The molecule has 0 aliphatic rings. The van der Waals surface area contributed by atoms with Gasteiger partial charge >= 0.3 is 0 Å². The predicted molar refractivity (Wildman–Crippen MR) is 76.7 cm³/mol. The van der Waals surface area contributed by atoms with Crippen LogP contribution in [0, 0.1) is 0 Å². The lowest BCUT2D eigenvalue weighted by Gasteiger charge is -2.12. The molecular formula is C14H19N3S. The van der Waals surface area contributed by atoms with Crippen molar-refractivity contribution in [2.45, 2.75) is 23.8 Å². The third-order valence-corrected chi connectivity index (χ3v) is 3.89. The van der Waals surface area contributed by atoms with Gasteiger partial charge in [-0.15, -0.1) is 11.8 Å². The largest absolute Gasteiger partial charge is 0.338 e. The molecule has 0 bridgehead atoms. The van der Waals surface area contributed by atoms with Crippen LogP contribution in [0.5, 0.6) is 0 Å². The molecule has 18 heavy (non-hydrogen) atoms. The van der Waals surface area contributed by atoms with Crippen LogP contribution in [0.15, 0.2) is 41.6 Å². The van der Waals surface area contributed by atoms with Crippen LogP contribution in [0.1, 0.15) is 23.9 Å². The Morgan fingerprint density at radius 2 is 2.06 bits per heavy atom. The molecule has 1 heterocycles. The fraction of sp³-hybridized carbons (Fsp3) is 0.357. The molecule has 0 saturated carbocycles. The summed E-state index contributed by atoms with van der Waals surface area (Å²) in [5, 5.41) is 0. The van der Waals surface area contributed by atoms with E-state index in [0.29, 0.717) is 0 Å². The number of hydrogen-bond donors (Lipinski definition) is 1. The number of aryl methyl sites for hydroxylation is 2. The smallest absolute Gasteiger partial charge is 0.108 e. The lowest BCUT2D eigenvalue weighted by atomic mass is 10.0. The van der Waals surface area contributed by atoms with E-state index in [-0.39, 0.29) is 6.04 Å². The summed E-state index contributed by atoms with van der Waals surface area (Å²) < 4.78 is 2.05. The van der Waals surface area contributed by atoms with Crippen LogP contribution >= 0.6 is 11.8 Å². The highest BCUT2D eigenvalue weighted by Crippen LogP contribution is 2.20. The Morgan fingerprint density at radius 3 is 2.61 bits per heavy atom. The van der Waals surface area contributed by atoms with E-state index in [1.54, 1.807) is 11.8 Å². The molecule has 0 saturated heterocycles. The minimum absolute atomic E-state index is 0.0811. The summed E-state index contributed by atoms with van der Waals surface area (Å²) in [7, 11) is 2.02. The highest BCUT2D eigenvalue weighted by molar-refractivity contribution is 7.98. The Bertz CT molecular complexity index is 490. The van der Waals surface area contributed by atoms with Crippen molar-refractivity contribution in [3.63, 3.8) is 0 Å². The van der Waals surface area contributed by atoms with Crippen molar-refractivity contribution in [3.8, 4) is 0 Å². The topological polar surface area (TPSA) is 43.8 Å². The number of aromatic nitrogens is 2. The molecule has 1 atom stereocenters. The SMILES string of the molecule is CSc1ccc(C(N)CCc2nccn2C)cc1. The number of hydrogen-bond acceptors (Lipinski definition) is 3. The molecule has 3 nitrogen and oxygen atoms in total. The van der Waals surface area contributed by atoms with E-state index in [9.17, 15) is 0 Å². The first kappa shape index (κ1) is 13.2. The minimum atomic E-state index is 0.0811. The molecule has 0 amide bonds. The van der Waals surface area contributed by atoms with E-state index in [0.717, 1.165) is 18.7 Å². The van der Waals surface area contributed by atoms with Crippen molar-refractivity contribution >= 4 is 11.8 Å². The quantitative estimate of drug-likeness (QED) is 0.842. The zero-order chi connectivity index (χ0) is 13.0. The number of nitrogens with two attached hydrogens (primary N) is 1. The number of imidazole rings is 1. The van der Waals surface area contributed by atoms with Gasteiger partial charge in [0, 0.05) is 36.8 Å². The third kappa shape index (κ3) is 3.15. The Hall–Kier alpha value is -1.26. The molecule has 2 N–H and O–H groups in total. The van der Waals surface area contributed by atoms with Crippen molar-refractivity contribution in [2.24, 2.45) is 12.8 Å². The fourth-order valence-corrected chi connectivity index (χ4v) is 2.35. The van der Waals surface area contributed by atoms with E-state index in [2.05, 4.69) is 35.5 Å². The van der Waals surface area contributed by atoms with Crippen LogP contribution in [0.3, 0.4) is 0 Å². The minimum Gasteiger partial charge on any atom is -0.338 e. The Labute approximate surface area is 112 Å². The first-order chi connectivity index (χ1) is 8.70. The normalized spacial score (nSPS) is 12.6. The zero-order valence-corrected chi connectivity index (χ0v) is 11.7. The summed E-state index contributed by atoms with van der Waals surface area (Å²) in [6.07, 6.45) is 7.71. The second-order valence-corrected chi connectivity index (χ2v) is 5.25. The molecule has 0 aliphatic heterocycles. The van der Waals surface area contributed by atoms with Gasteiger partial charge in [0.15, 0.2) is 0 Å². The van der Waals surface area contributed by atoms with Crippen LogP contribution in [0.4, 0.5) is 0 Å². The molecule has 0 radical (unpaired) electrons. The van der Waals surface area contributed by atoms with E-state index in [1.165, 1.54) is 10.5 Å². The van der Waals surface area contributed by atoms with Crippen LogP contribution in [0.2, 0.25) is 0 Å². The number of rotatable bonds is 5. The molecule has 96 valence electrons. The Kier molecular flexibility index (Phi) is 4.44. The second-order valence-electron chi connectivity index (χ2n) is 4.37. The average Bonchev–Trinajstić information content (AvgIpc) is 2.81. The van der Waals surface area contributed by atoms with Gasteiger partial charge in [-0.25, -0.2) is 4.98 Å². The van der Waals surface area contributed by atoms with Gasteiger partial charge in [0.1, 0.15) is 5.82 Å². The molecule has 2 rings (SSSR count). The van der Waals surface area contributed by atoms with Gasteiger partial charge in [-0.2, -0.15) is 0 Å². The molecule has 4 heteroatoms. The molecule has 0 spiro atoms. The first-order valence-electron chi connectivity index (χ1n) is 6.06.